The zero-order valence-corrected chi connectivity index (χ0v) is 13.4. The van der Waals surface area contributed by atoms with E-state index in [-0.39, 0.29) is 11.8 Å². The highest BCUT2D eigenvalue weighted by Gasteiger charge is 2.30. The minimum absolute atomic E-state index is 0.0125. The number of aromatic amines is 1. The lowest BCUT2D eigenvalue weighted by Crippen LogP contribution is -2.35. The van der Waals surface area contributed by atoms with E-state index in [0.29, 0.717) is 6.54 Å². The third-order valence-corrected chi connectivity index (χ3v) is 4.44. The molecule has 0 saturated carbocycles. The first-order valence-electron chi connectivity index (χ1n) is 8.02. The minimum Gasteiger partial charge on any atom is -0.457 e. The number of hydrogen-bond donors (Lipinski definition) is 2. The number of rotatable bonds is 3. The maximum atomic E-state index is 12.2. The molecule has 1 unspecified atom stereocenters. The number of amides is 1. The molecular weight excluding hydrogens is 300 g/mol. The Kier molecular flexibility index (Phi) is 3.58. The van der Waals surface area contributed by atoms with Gasteiger partial charge in [-0.25, -0.2) is 0 Å². The van der Waals surface area contributed by atoms with E-state index in [0.717, 1.165) is 33.9 Å². The average Bonchev–Trinajstić information content (AvgIpc) is 3.00. The summed E-state index contributed by atoms with van der Waals surface area (Å²) in [5, 5.41) is 2.99. The van der Waals surface area contributed by atoms with Crippen LogP contribution >= 0.6 is 0 Å². The second-order valence-corrected chi connectivity index (χ2v) is 5.96. The molecule has 0 saturated heterocycles. The van der Waals surface area contributed by atoms with Crippen LogP contribution in [0.2, 0.25) is 0 Å². The molecule has 0 bridgehead atoms. The molecular formula is C20H18N2O2. The number of ether oxygens (including phenoxy) is 1. The van der Waals surface area contributed by atoms with Gasteiger partial charge in [-0.15, -0.1) is 0 Å². The number of H-pyrrole nitrogens is 1. The molecule has 4 nitrogen and oxygen atoms in total. The van der Waals surface area contributed by atoms with Gasteiger partial charge in [-0.3, -0.25) is 4.79 Å². The quantitative estimate of drug-likeness (QED) is 0.767. The van der Waals surface area contributed by atoms with E-state index >= 15 is 0 Å². The SMILES string of the molecule is Cc1[nH]cc2c1C(=O)NCC2c1ccccc1Oc1ccccc1. The predicted octanol–water partition coefficient (Wildman–Crippen LogP) is 3.99. The van der Waals surface area contributed by atoms with Crippen molar-refractivity contribution in [3.63, 3.8) is 0 Å². The number of hydrogen-bond acceptors (Lipinski definition) is 2. The van der Waals surface area contributed by atoms with Gasteiger partial charge in [0.05, 0.1) is 5.56 Å². The van der Waals surface area contributed by atoms with Gasteiger partial charge in [-0.1, -0.05) is 36.4 Å². The van der Waals surface area contributed by atoms with E-state index in [1.165, 1.54) is 0 Å². The third kappa shape index (κ3) is 2.46. The van der Waals surface area contributed by atoms with Crippen LogP contribution in [0.4, 0.5) is 0 Å². The number of para-hydroxylation sites is 2. The highest BCUT2D eigenvalue weighted by molar-refractivity contribution is 5.98. The van der Waals surface area contributed by atoms with Crippen molar-refractivity contribution >= 4 is 5.91 Å². The number of aryl methyl sites for hydroxylation is 1. The molecule has 1 aliphatic heterocycles. The van der Waals surface area contributed by atoms with Crippen molar-refractivity contribution in [2.45, 2.75) is 12.8 Å². The number of nitrogens with one attached hydrogen (secondary N) is 2. The molecule has 0 fully saturated rings. The highest BCUT2D eigenvalue weighted by atomic mass is 16.5. The van der Waals surface area contributed by atoms with Crippen LogP contribution in [0.1, 0.15) is 33.1 Å². The Morgan fingerprint density at radius 2 is 1.75 bits per heavy atom. The molecule has 0 spiro atoms. The zero-order valence-electron chi connectivity index (χ0n) is 13.4. The Bertz CT molecular complexity index is 884. The number of benzene rings is 2. The van der Waals surface area contributed by atoms with Gasteiger partial charge in [0.2, 0.25) is 0 Å². The van der Waals surface area contributed by atoms with Crippen molar-refractivity contribution in [3.8, 4) is 11.5 Å². The van der Waals surface area contributed by atoms with Crippen LogP contribution in [-0.4, -0.2) is 17.4 Å². The zero-order chi connectivity index (χ0) is 16.5. The summed E-state index contributed by atoms with van der Waals surface area (Å²) < 4.78 is 6.09. The molecule has 2 aromatic carbocycles. The van der Waals surface area contributed by atoms with E-state index in [1.807, 2.05) is 61.7 Å². The molecule has 1 aliphatic rings. The van der Waals surface area contributed by atoms with E-state index in [1.54, 1.807) is 0 Å². The topological polar surface area (TPSA) is 54.1 Å². The summed E-state index contributed by atoms with van der Waals surface area (Å²) in [4.78, 5) is 15.3. The van der Waals surface area contributed by atoms with Gasteiger partial charge in [0.25, 0.3) is 5.91 Å². The average molecular weight is 318 g/mol. The lowest BCUT2D eigenvalue weighted by Gasteiger charge is -2.25. The Morgan fingerprint density at radius 3 is 2.58 bits per heavy atom. The van der Waals surface area contributed by atoms with Gasteiger partial charge in [-0.05, 0) is 30.7 Å². The summed E-state index contributed by atoms with van der Waals surface area (Å²) in [5.74, 6) is 1.67. The van der Waals surface area contributed by atoms with Crippen LogP contribution in [0, 0.1) is 6.92 Å². The molecule has 2 N–H and O–H groups in total. The van der Waals surface area contributed by atoms with Crippen molar-refractivity contribution in [3.05, 3.63) is 83.2 Å². The van der Waals surface area contributed by atoms with Crippen molar-refractivity contribution < 1.29 is 9.53 Å². The number of fused-ring (bicyclic) bond motifs is 1. The smallest absolute Gasteiger partial charge is 0.253 e. The lowest BCUT2D eigenvalue weighted by atomic mass is 9.86. The summed E-state index contributed by atoms with van der Waals surface area (Å²) in [6, 6.07) is 17.7. The molecule has 24 heavy (non-hydrogen) atoms. The van der Waals surface area contributed by atoms with Gasteiger partial charge < -0.3 is 15.0 Å². The summed E-state index contributed by atoms with van der Waals surface area (Å²) in [6.45, 7) is 2.49. The Balaban J connectivity index is 1.75. The first-order valence-corrected chi connectivity index (χ1v) is 8.02. The fourth-order valence-electron chi connectivity index (χ4n) is 3.27. The number of carbonyl (C=O) groups is 1. The van der Waals surface area contributed by atoms with Crippen molar-refractivity contribution in [2.75, 3.05) is 6.54 Å². The van der Waals surface area contributed by atoms with Crippen LogP contribution in [0.15, 0.2) is 60.8 Å². The van der Waals surface area contributed by atoms with E-state index in [4.69, 9.17) is 4.74 Å². The number of carbonyl (C=O) groups excluding carboxylic acids is 1. The molecule has 2 heterocycles. The van der Waals surface area contributed by atoms with Crippen LogP contribution in [0.5, 0.6) is 11.5 Å². The summed E-state index contributed by atoms with van der Waals surface area (Å²) in [5.41, 5.74) is 3.75. The van der Waals surface area contributed by atoms with Crippen molar-refractivity contribution in [1.29, 1.82) is 0 Å². The summed E-state index contributed by atoms with van der Waals surface area (Å²) in [6.07, 6.45) is 1.94. The van der Waals surface area contributed by atoms with Gasteiger partial charge in [0.15, 0.2) is 0 Å². The minimum atomic E-state index is -0.0125. The Hall–Kier alpha value is -3.01. The monoisotopic (exact) mass is 318 g/mol. The van der Waals surface area contributed by atoms with Gasteiger partial charge in [-0.2, -0.15) is 0 Å². The molecule has 1 atom stereocenters. The Morgan fingerprint density at radius 1 is 1.00 bits per heavy atom. The highest BCUT2D eigenvalue weighted by Crippen LogP contribution is 2.37. The first kappa shape index (κ1) is 14.6. The van der Waals surface area contributed by atoms with Gasteiger partial charge in [0.1, 0.15) is 11.5 Å². The fraction of sp³-hybridized carbons (Fsp3) is 0.150. The maximum absolute atomic E-state index is 12.2. The van der Waals surface area contributed by atoms with Crippen molar-refractivity contribution in [2.24, 2.45) is 0 Å². The van der Waals surface area contributed by atoms with E-state index in [9.17, 15) is 4.79 Å². The van der Waals surface area contributed by atoms with E-state index in [2.05, 4.69) is 16.4 Å². The molecule has 1 amide bonds. The summed E-state index contributed by atoms with van der Waals surface area (Å²) >= 11 is 0. The van der Waals surface area contributed by atoms with Crippen LogP contribution in [0.25, 0.3) is 0 Å². The molecule has 0 aliphatic carbocycles. The van der Waals surface area contributed by atoms with Gasteiger partial charge in [0, 0.05) is 29.9 Å². The molecule has 4 rings (SSSR count). The van der Waals surface area contributed by atoms with E-state index < -0.39 is 0 Å². The molecule has 4 heteroatoms. The standard InChI is InChI=1S/C20H18N2O2/c1-13-19-17(12-21-13)16(11-22-20(19)23)15-9-5-6-10-18(15)24-14-7-3-2-4-8-14/h2-10,12,16,21H,11H2,1H3,(H,22,23). The first-order chi connectivity index (χ1) is 11.7. The fourth-order valence-corrected chi connectivity index (χ4v) is 3.27. The van der Waals surface area contributed by atoms with Crippen molar-refractivity contribution in [1.82, 2.24) is 10.3 Å². The molecule has 0 radical (unpaired) electrons. The van der Waals surface area contributed by atoms with Gasteiger partial charge >= 0.3 is 0 Å². The maximum Gasteiger partial charge on any atom is 0.253 e. The molecule has 1 aromatic heterocycles. The van der Waals surface area contributed by atoms with Crippen LogP contribution < -0.4 is 10.1 Å². The van der Waals surface area contributed by atoms with Crippen LogP contribution in [-0.2, 0) is 0 Å². The summed E-state index contributed by atoms with van der Waals surface area (Å²) in [7, 11) is 0. The molecule has 3 aromatic rings. The third-order valence-electron chi connectivity index (χ3n) is 4.44. The normalized spacial score (nSPS) is 16.4. The lowest BCUT2D eigenvalue weighted by molar-refractivity contribution is 0.0942. The van der Waals surface area contributed by atoms with Crippen LogP contribution in [0.3, 0.4) is 0 Å². The molecule has 120 valence electrons. The Labute approximate surface area is 140 Å². The largest absolute Gasteiger partial charge is 0.457 e. The second-order valence-electron chi connectivity index (χ2n) is 5.96. The predicted molar refractivity (Wildman–Crippen MR) is 92.7 cm³/mol. The second kappa shape index (κ2) is 5.89. The number of aromatic nitrogens is 1.